The molecule has 0 aliphatic heterocycles. The van der Waals surface area contributed by atoms with E-state index < -0.39 is 10.0 Å². The van der Waals surface area contributed by atoms with E-state index in [0.29, 0.717) is 27.5 Å². The predicted octanol–water partition coefficient (Wildman–Crippen LogP) is 2.58. The van der Waals surface area contributed by atoms with Crippen LogP contribution in [-0.4, -0.2) is 36.4 Å². The molecule has 28 heavy (non-hydrogen) atoms. The van der Waals surface area contributed by atoms with Crippen molar-refractivity contribution in [1.82, 2.24) is 15.3 Å². The largest absolute Gasteiger partial charge is 0.508 e. The highest BCUT2D eigenvalue weighted by Crippen LogP contribution is 2.29. The van der Waals surface area contributed by atoms with Crippen LogP contribution in [0.2, 0.25) is 0 Å². The number of aromatic nitrogens is 2. The topological polar surface area (TPSA) is 124 Å². The molecule has 0 radical (unpaired) electrons. The van der Waals surface area contributed by atoms with Crippen LogP contribution in [0.4, 0.5) is 5.69 Å². The average Bonchev–Trinajstić information content (AvgIpc) is 3.07. The van der Waals surface area contributed by atoms with Gasteiger partial charge in [-0.3, -0.25) is 9.52 Å². The predicted molar refractivity (Wildman–Crippen MR) is 106 cm³/mol. The first-order valence-electron chi connectivity index (χ1n) is 8.33. The van der Waals surface area contributed by atoms with E-state index >= 15 is 0 Å². The summed E-state index contributed by atoms with van der Waals surface area (Å²) in [5, 5.41) is 13.2. The van der Waals surface area contributed by atoms with Crippen LogP contribution in [0.1, 0.15) is 10.5 Å². The molecule has 0 unspecified atom stereocenters. The van der Waals surface area contributed by atoms with Crippen molar-refractivity contribution < 1.29 is 18.3 Å². The van der Waals surface area contributed by atoms with Crippen LogP contribution in [0.3, 0.4) is 0 Å². The van der Waals surface area contributed by atoms with Crippen molar-refractivity contribution in [2.45, 2.75) is 4.90 Å². The Hall–Kier alpha value is -3.59. The minimum absolute atomic E-state index is 0.0451. The number of aromatic hydroxyl groups is 1. The number of phenols is 1. The van der Waals surface area contributed by atoms with Crippen molar-refractivity contribution in [1.29, 1.82) is 0 Å². The smallest absolute Gasteiger partial charge is 0.271 e. The maximum atomic E-state index is 12.7. The number of hydrogen-bond donors (Lipinski definition) is 4. The summed E-state index contributed by atoms with van der Waals surface area (Å²) in [4.78, 5) is 19.4. The summed E-state index contributed by atoms with van der Waals surface area (Å²) in [6.45, 7) is 0. The Labute approximate surface area is 160 Å². The number of nitrogens with zero attached hydrogens (tertiary/aromatic N) is 1. The number of pyridine rings is 1. The standard InChI is InChI=1S/C19H16N4O4S/c1-20-19(25)18-17-14(8-9-21-18)15-10-13(6-7-16(15)22-17)28(26,27)23-11-2-4-12(24)5-3-11/h2-10,22-24H,1H3,(H,20,25). The second-order valence-corrected chi connectivity index (χ2v) is 7.83. The zero-order valence-corrected chi connectivity index (χ0v) is 15.5. The lowest BCUT2D eigenvalue weighted by atomic mass is 10.1. The summed E-state index contributed by atoms with van der Waals surface area (Å²) < 4.78 is 28.0. The second-order valence-electron chi connectivity index (χ2n) is 6.15. The normalized spacial score (nSPS) is 11.6. The number of hydrogen-bond acceptors (Lipinski definition) is 5. The van der Waals surface area contributed by atoms with Gasteiger partial charge in [-0.25, -0.2) is 13.4 Å². The lowest BCUT2D eigenvalue weighted by molar-refractivity contribution is 0.0960. The highest BCUT2D eigenvalue weighted by molar-refractivity contribution is 7.92. The zero-order valence-electron chi connectivity index (χ0n) is 14.7. The number of anilines is 1. The SMILES string of the molecule is CNC(=O)c1nccc2c1[nH]c1ccc(S(=O)(=O)Nc3ccc(O)cc3)cc12. The minimum atomic E-state index is -3.84. The van der Waals surface area contributed by atoms with Crippen LogP contribution in [0, 0.1) is 0 Å². The number of sulfonamides is 1. The molecule has 0 fully saturated rings. The van der Waals surface area contributed by atoms with Crippen LogP contribution < -0.4 is 10.0 Å². The Morgan fingerprint density at radius 1 is 1.07 bits per heavy atom. The number of carbonyl (C=O) groups excluding carboxylic acids is 1. The average molecular weight is 396 g/mol. The van der Waals surface area contributed by atoms with Crippen LogP contribution in [0.15, 0.2) is 59.6 Å². The van der Waals surface area contributed by atoms with Crippen LogP contribution in [-0.2, 0) is 10.0 Å². The fraction of sp³-hybridized carbons (Fsp3) is 0.0526. The number of benzene rings is 2. The van der Waals surface area contributed by atoms with Gasteiger partial charge in [-0.15, -0.1) is 0 Å². The van der Waals surface area contributed by atoms with Crippen molar-refractivity contribution >= 4 is 43.4 Å². The van der Waals surface area contributed by atoms with Gasteiger partial charge < -0.3 is 15.4 Å². The van der Waals surface area contributed by atoms with Gasteiger partial charge in [0.15, 0.2) is 5.69 Å². The molecule has 0 atom stereocenters. The molecule has 9 heteroatoms. The van der Waals surface area contributed by atoms with Gasteiger partial charge in [-0.2, -0.15) is 0 Å². The van der Waals surface area contributed by atoms with E-state index in [1.54, 1.807) is 18.2 Å². The van der Waals surface area contributed by atoms with Gasteiger partial charge in [0.2, 0.25) is 0 Å². The lowest BCUT2D eigenvalue weighted by Crippen LogP contribution is -2.19. The van der Waals surface area contributed by atoms with Gasteiger partial charge in [0.1, 0.15) is 5.75 Å². The molecule has 142 valence electrons. The highest BCUT2D eigenvalue weighted by Gasteiger charge is 2.18. The minimum Gasteiger partial charge on any atom is -0.508 e. The Balaban J connectivity index is 1.81. The quantitative estimate of drug-likeness (QED) is 0.395. The molecule has 2 aromatic carbocycles. The van der Waals surface area contributed by atoms with E-state index in [1.807, 2.05) is 0 Å². The summed E-state index contributed by atoms with van der Waals surface area (Å²) in [6, 6.07) is 12.1. The van der Waals surface area contributed by atoms with E-state index in [4.69, 9.17) is 0 Å². The molecule has 2 aromatic heterocycles. The summed E-state index contributed by atoms with van der Waals surface area (Å²) in [5.74, 6) is -0.289. The summed E-state index contributed by atoms with van der Waals surface area (Å²) in [5.41, 5.74) is 1.81. The first-order chi connectivity index (χ1) is 13.4. The molecule has 4 rings (SSSR count). The maximum absolute atomic E-state index is 12.7. The molecule has 0 saturated heterocycles. The van der Waals surface area contributed by atoms with E-state index in [-0.39, 0.29) is 22.2 Å². The number of H-pyrrole nitrogens is 1. The first-order valence-corrected chi connectivity index (χ1v) is 9.82. The van der Waals surface area contributed by atoms with Crippen LogP contribution >= 0.6 is 0 Å². The summed E-state index contributed by atoms with van der Waals surface area (Å²) in [7, 11) is -2.32. The third-order valence-corrected chi connectivity index (χ3v) is 5.74. The Bertz CT molecular complexity index is 1310. The van der Waals surface area contributed by atoms with Crippen LogP contribution in [0.25, 0.3) is 21.8 Å². The molecule has 0 spiro atoms. The molecular formula is C19H16N4O4S. The van der Waals surface area contributed by atoms with E-state index in [0.717, 1.165) is 0 Å². The lowest BCUT2D eigenvalue weighted by Gasteiger charge is -2.08. The fourth-order valence-electron chi connectivity index (χ4n) is 3.00. The van der Waals surface area contributed by atoms with Gasteiger partial charge >= 0.3 is 0 Å². The molecule has 1 amide bonds. The summed E-state index contributed by atoms with van der Waals surface area (Å²) >= 11 is 0. The van der Waals surface area contributed by atoms with Gasteiger partial charge in [-0.05, 0) is 48.5 Å². The number of nitrogens with one attached hydrogen (secondary N) is 3. The fourth-order valence-corrected chi connectivity index (χ4v) is 4.09. The molecule has 0 bridgehead atoms. The number of fused-ring (bicyclic) bond motifs is 3. The second kappa shape index (κ2) is 6.54. The molecule has 0 saturated carbocycles. The van der Waals surface area contributed by atoms with Crippen molar-refractivity contribution in [3.63, 3.8) is 0 Å². The highest BCUT2D eigenvalue weighted by atomic mass is 32.2. The molecule has 8 nitrogen and oxygen atoms in total. The van der Waals surface area contributed by atoms with Gasteiger partial charge in [0.25, 0.3) is 15.9 Å². The number of phenolic OH excluding ortho intramolecular Hbond substituents is 1. The Morgan fingerprint density at radius 2 is 1.82 bits per heavy atom. The molecule has 4 aromatic rings. The van der Waals surface area contributed by atoms with Crippen molar-refractivity contribution in [2.75, 3.05) is 11.8 Å². The molecule has 0 aliphatic rings. The van der Waals surface area contributed by atoms with Crippen molar-refractivity contribution in [2.24, 2.45) is 0 Å². The molecule has 2 heterocycles. The molecule has 0 aliphatic carbocycles. The van der Waals surface area contributed by atoms with E-state index in [2.05, 4.69) is 20.0 Å². The zero-order chi connectivity index (χ0) is 19.9. The van der Waals surface area contributed by atoms with Gasteiger partial charge in [0, 0.05) is 35.2 Å². The Morgan fingerprint density at radius 3 is 2.54 bits per heavy atom. The van der Waals surface area contributed by atoms with Crippen LogP contribution in [0.5, 0.6) is 5.75 Å². The molecular weight excluding hydrogens is 380 g/mol. The molecule has 4 N–H and O–H groups in total. The third kappa shape index (κ3) is 3.01. The number of amides is 1. The van der Waals surface area contributed by atoms with Crippen molar-refractivity contribution in [3.05, 3.63) is 60.4 Å². The third-order valence-electron chi connectivity index (χ3n) is 4.36. The maximum Gasteiger partial charge on any atom is 0.271 e. The van der Waals surface area contributed by atoms with Gasteiger partial charge in [0.05, 0.1) is 10.4 Å². The van der Waals surface area contributed by atoms with E-state index in [9.17, 15) is 18.3 Å². The monoisotopic (exact) mass is 396 g/mol. The van der Waals surface area contributed by atoms with E-state index in [1.165, 1.54) is 43.6 Å². The summed E-state index contributed by atoms with van der Waals surface area (Å²) in [6.07, 6.45) is 1.51. The van der Waals surface area contributed by atoms with Crippen molar-refractivity contribution in [3.8, 4) is 5.75 Å². The number of carbonyl (C=O) groups is 1. The number of aromatic amines is 1. The number of rotatable bonds is 4. The van der Waals surface area contributed by atoms with Gasteiger partial charge in [-0.1, -0.05) is 0 Å². The first kappa shape index (κ1) is 17.8. The Kier molecular flexibility index (Phi) is 4.16.